The van der Waals surface area contributed by atoms with Crippen LogP contribution in [-0.4, -0.2) is 44.1 Å². The number of hydrogen-bond donors (Lipinski definition) is 1. The first-order chi connectivity index (χ1) is 12.8. The molecule has 0 unspecified atom stereocenters. The smallest absolute Gasteiger partial charge is 0.244 e. The second-order valence-electron chi connectivity index (χ2n) is 6.37. The van der Waals surface area contributed by atoms with Crippen LogP contribution >= 0.6 is 0 Å². The maximum atomic E-state index is 12.6. The Morgan fingerprint density at radius 2 is 2.19 bits per heavy atom. The van der Waals surface area contributed by atoms with Gasteiger partial charge in [-0.2, -0.15) is 10.2 Å². The predicted octanol–water partition coefficient (Wildman–Crippen LogP) is 1.59. The largest absolute Gasteiger partial charge is 0.454 e. The molecule has 0 fully saturated rings. The summed E-state index contributed by atoms with van der Waals surface area (Å²) in [6.45, 7) is 1.71. The molecule has 3 aromatic rings. The number of amides is 1. The van der Waals surface area contributed by atoms with E-state index in [0.29, 0.717) is 13.1 Å². The highest BCUT2D eigenvalue weighted by Gasteiger charge is 2.26. The third kappa shape index (κ3) is 2.50. The number of carbonyl (C=O) groups excluding carboxylic acids is 1. The standard InChI is InChI=1S/C18H17N5O3/c24-17(10-23-6-1-5-19-23)22-7-4-14-13(9-22)18(21-20-14)12-2-3-15-16(8-12)26-11-25-15/h1-3,5-6,8H,4,7,9-11H2,(H,20,21). The van der Waals surface area contributed by atoms with E-state index in [1.807, 2.05) is 29.2 Å². The number of nitrogens with one attached hydrogen (secondary N) is 1. The van der Waals surface area contributed by atoms with Crippen molar-refractivity contribution in [2.24, 2.45) is 0 Å². The van der Waals surface area contributed by atoms with Crippen molar-refractivity contribution in [3.05, 3.63) is 47.9 Å². The summed E-state index contributed by atoms with van der Waals surface area (Å²) in [5.41, 5.74) is 3.95. The highest BCUT2D eigenvalue weighted by molar-refractivity contribution is 5.77. The van der Waals surface area contributed by atoms with Gasteiger partial charge in [-0.15, -0.1) is 0 Å². The van der Waals surface area contributed by atoms with Gasteiger partial charge in [0.2, 0.25) is 12.7 Å². The van der Waals surface area contributed by atoms with E-state index in [2.05, 4.69) is 15.3 Å². The van der Waals surface area contributed by atoms with Gasteiger partial charge >= 0.3 is 0 Å². The fourth-order valence-corrected chi connectivity index (χ4v) is 3.42. The van der Waals surface area contributed by atoms with Crippen LogP contribution in [0.15, 0.2) is 36.7 Å². The number of rotatable bonds is 3. The van der Waals surface area contributed by atoms with Crippen molar-refractivity contribution in [2.75, 3.05) is 13.3 Å². The van der Waals surface area contributed by atoms with Gasteiger partial charge in [-0.25, -0.2) is 0 Å². The van der Waals surface area contributed by atoms with Crippen LogP contribution in [-0.2, 0) is 24.3 Å². The monoisotopic (exact) mass is 351 g/mol. The van der Waals surface area contributed by atoms with Gasteiger partial charge in [-0.1, -0.05) is 0 Å². The first kappa shape index (κ1) is 15.0. The van der Waals surface area contributed by atoms with E-state index in [1.165, 1.54) is 0 Å². The molecular formula is C18H17N5O3. The molecule has 26 heavy (non-hydrogen) atoms. The van der Waals surface area contributed by atoms with Crippen LogP contribution in [0.2, 0.25) is 0 Å². The summed E-state index contributed by atoms with van der Waals surface area (Å²) in [4.78, 5) is 14.5. The lowest BCUT2D eigenvalue weighted by molar-refractivity contribution is -0.132. The molecule has 2 aromatic heterocycles. The molecule has 2 aliphatic heterocycles. The van der Waals surface area contributed by atoms with Gasteiger partial charge in [0.05, 0.1) is 5.69 Å². The van der Waals surface area contributed by atoms with E-state index in [4.69, 9.17) is 9.47 Å². The van der Waals surface area contributed by atoms with Crippen LogP contribution in [0.1, 0.15) is 11.3 Å². The number of hydrogen-bond acceptors (Lipinski definition) is 5. The molecule has 0 radical (unpaired) electrons. The zero-order valence-corrected chi connectivity index (χ0v) is 14.0. The van der Waals surface area contributed by atoms with E-state index < -0.39 is 0 Å². The molecule has 8 heteroatoms. The minimum absolute atomic E-state index is 0.0530. The fraction of sp³-hybridized carbons (Fsp3) is 0.278. The van der Waals surface area contributed by atoms with Gasteiger partial charge in [-0.05, 0) is 24.3 Å². The zero-order chi connectivity index (χ0) is 17.5. The molecule has 0 bridgehead atoms. The van der Waals surface area contributed by atoms with E-state index in [1.54, 1.807) is 17.1 Å². The SMILES string of the molecule is O=C(Cn1cccn1)N1CCc2[nH]nc(-c3ccc4c(c3)OCO4)c2C1. The zero-order valence-electron chi connectivity index (χ0n) is 14.0. The Morgan fingerprint density at radius 1 is 1.27 bits per heavy atom. The van der Waals surface area contributed by atoms with Crippen LogP contribution in [0.5, 0.6) is 11.5 Å². The van der Waals surface area contributed by atoms with Gasteiger partial charge in [-0.3, -0.25) is 14.6 Å². The first-order valence-electron chi connectivity index (χ1n) is 8.49. The molecule has 1 aromatic carbocycles. The van der Waals surface area contributed by atoms with Crippen LogP contribution < -0.4 is 9.47 Å². The molecule has 0 spiro atoms. The lowest BCUT2D eigenvalue weighted by atomic mass is 10.0. The van der Waals surface area contributed by atoms with Crippen molar-refractivity contribution in [3.63, 3.8) is 0 Å². The number of benzene rings is 1. The van der Waals surface area contributed by atoms with Crippen LogP contribution in [0.4, 0.5) is 0 Å². The average molecular weight is 351 g/mol. The summed E-state index contributed by atoms with van der Waals surface area (Å²) < 4.78 is 12.5. The van der Waals surface area contributed by atoms with Gasteiger partial charge < -0.3 is 14.4 Å². The van der Waals surface area contributed by atoms with Gasteiger partial charge in [0, 0.05) is 48.7 Å². The summed E-state index contributed by atoms with van der Waals surface area (Å²) in [5.74, 6) is 1.52. The molecule has 4 heterocycles. The molecule has 1 amide bonds. The Bertz CT molecular complexity index is 963. The lowest BCUT2D eigenvalue weighted by Crippen LogP contribution is -2.38. The van der Waals surface area contributed by atoms with Gasteiger partial charge in [0.1, 0.15) is 6.54 Å². The Morgan fingerprint density at radius 3 is 3.08 bits per heavy atom. The number of carbonyl (C=O) groups is 1. The van der Waals surface area contributed by atoms with Crippen LogP contribution in [0.25, 0.3) is 11.3 Å². The average Bonchev–Trinajstić information content (AvgIpc) is 3.40. The second kappa shape index (κ2) is 5.91. The molecule has 5 rings (SSSR count). The van der Waals surface area contributed by atoms with Crippen molar-refractivity contribution in [2.45, 2.75) is 19.5 Å². The Labute approximate surface area is 149 Å². The third-order valence-corrected chi connectivity index (χ3v) is 4.79. The second-order valence-corrected chi connectivity index (χ2v) is 6.37. The lowest BCUT2D eigenvalue weighted by Gasteiger charge is -2.27. The summed E-state index contributed by atoms with van der Waals surface area (Å²) >= 11 is 0. The number of H-pyrrole nitrogens is 1. The number of ether oxygens (including phenoxy) is 2. The van der Waals surface area contributed by atoms with E-state index in [-0.39, 0.29) is 19.2 Å². The summed E-state index contributed by atoms with van der Waals surface area (Å²) in [6, 6.07) is 7.61. The molecule has 8 nitrogen and oxygen atoms in total. The third-order valence-electron chi connectivity index (χ3n) is 4.79. The number of fused-ring (bicyclic) bond motifs is 2. The fourth-order valence-electron chi connectivity index (χ4n) is 3.42. The quantitative estimate of drug-likeness (QED) is 0.774. The molecule has 132 valence electrons. The number of nitrogens with zero attached hydrogens (tertiary/aromatic N) is 4. The molecule has 0 saturated heterocycles. The molecule has 0 atom stereocenters. The van der Waals surface area contributed by atoms with Gasteiger partial charge in [0.15, 0.2) is 11.5 Å². The van der Waals surface area contributed by atoms with E-state index >= 15 is 0 Å². The topological polar surface area (TPSA) is 85.3 Å². The first-order valence-corrected chi connectivity index (χ1v) is 8.49. The molecule has 1 N–H and O–H groups in total. The van der Waals surface area contributed by atoms with Crippen molar-refractivity contribution in [1.82, 2.24) is 24.9 Å². The summed E-state index contributed by atoms with van der Waals surface area (Å²) in [7, 11) is 0. The van der Waals surface area contributed by atoms with Gasteiger partial charge in [0.25, 0.3) is 0 Å². The van der Waals surface area contributed by atoms with Crippen molar-refractivity contribution in [1.29, 1.82) is 0 Å². The maximum absolute atomic E-state index is 12.6. The Balaban J connectivity index is 1.41. The number of aromatic nitrogens is 4. The number of aromatic amines is 1. The van der Waals surface area contributed by atoms with E-state index in [0.717, 1.165) is 40.4 Å². The van der Waals surface area contributed by atoms with Crippen LogP contribution in [0.3, 0.4) is 0 Å². The van der Waals surface area contributed by atoms with Crippen molar-refractivity contribution >= 4 is 5.91 Å². The minimum Gasteiger partial charge on any atom is -0.454 e. The molecular weight excluding hydrogens is 334 g/mol. The maximum Gasteiger partial charge on any atom is 0.244 e. The molecule has 2 aliphatic rings. The normalized spacial score (nSPS) is 15.2. The van der Waals surface area contributed by atoms with Crippen molar-refractivity contribution < 1.29 is 14.3 Å². The Hall–Kier alpha value is -3.29. The highest BCUT2D eigenvalue weighted by Crippen LogP contribution is 2.37. The van der Waals surface area contributed by atoms with Crippen molar-refractivity contribution in [3.8, 4) is 22.8 Å². The predicted molar refractivity (Wildman–Crippen MR) is 91.5 cm³/mol. The minimum atomic E-state index is 0.0530. The van der Waals surface area contributed by atoms with Crippen LogP contribution in [0, 0.1) is 0 Å². The summed E-state index contributed by atoms with van der Waals surface area (Å²) in [6.07, 6.45) is 4.23. The summed E-state index contributed by atoms with van der Waals surface area (Å²) in [5, 5.41) is 11.7. The molecule has 0 aliphatic carbocycles. The Kier molecular flexibility index (Phi) is 3.41. The van der Waals surface area contributed by atoms with E-state index in [9.17, 15) is 4.79 Å². The molecule has 0 saturated carbocycles. The highest BCUT2D eigenvalue weighted by atomic mass is 16.7.